The van der Waals surface area contributed by atoms with Crippen LogP contribution in [0.4, 0.5) is 20.2 Å². The molecule has 13 heteroatoms. The van der Waals surface area contributed by atoms with Gasteiger partial charge in [0.05, 0.1) is 35.7 Å². The molecule has 37 heavy (non-hydrogen) atoms. The van der Waals surface area contributed by atoms with Crippen LogP contribution in [0, 0.1) is 17.2 Å². The lowest BCUT2D eigenvalue weighted by Crippen LogP contribution is -2.37. The van der Waals surface area contributed by atoms with Crippen molar-refractivity contribution in [3.63, 3.8) is 0 Å². The summed E-state index contributed by atoms with van der Waals surface area (Å²) in [7, 11) is -1.42. The summed E-state index contributed by atoms with van der Waals surface area (Å²) in [5.74, 6) is -4.19. The lowest BCUT2D eigenvalue weighted by molar-refractivity contribution is 0.0599. The summed E-state index contributed by atoms with van der Waals surface area (Å²) >= 11 is 0. The number of anilines is 2. The number of rotatable bonds is 6. The Kier molecular flexibility index (Phi) is 5.71. The number of esters is 1. The molecule has 1 unspecified atom stereocenters. The van der Waals surface area contributed by atoms with Gasteiger partial charge in [0.15, 0.2) is 0 Å². The molecule has 1 aliphatic heterocycles. The molecule has 0 spiro atoms. The molecule has 0 radical (unpaired) electrons. The number of carbonyl (C=O) groups is 1. The van der Waals surface area contributed by atoms with E-state index < -0.39 is 28.0 Å². The van der Waals surface area contributed by atoms with Crippen molar-refractivity contribution in [1.82, 2.24) is 9.97 Å². The van der Waals surface area contributed by atoms with E-state index in [0.29, 0.717) is 33.8 Å². The number of fused-ring (bicyclic) bond motifs is 1. The van der Waals surface area contributed by atoms with Crippen molar-refractivity contribution in [1.29, 1.82) is 5.26 Å². The summed E-state index contributed by atoms with van der Waals surface area (Å²) in [5, 5.41) is 9.65. The fraction of sp³-hybridized carbons (Fsp3) is 0.250. The van der Waals surface area contributed by atoms with E-state index >= 15 is 0 Å². The van der Waals surface area contributed by atoms with Gasteiger partial charge in [0.2, 0.25) is 0 Å². The minimum absolute atomic E-state index is 0.0457. The van der Waals surface area contributed by atoms with E-state index in [9.17, 15) is 27.3 Å². The summed E-state index contributed by atoms with van der Waals surface area (Å²) in [6.07, 6.45) is 2.15. The highest BCUT2D eigenvalue weighted by atomic mass is 32.2. The first-order chi connectivity index (χ1) is 17.5. The number of nitrogens with zero attached hydrogens (tertiary/aromatic N) is 5. The monoisotopic (exact) mass is 527 g/mol. The lowest BCUT2D eigenvalue weighted by Gasteiger charge is -2.18. The minimum atomic E-state index is -4.01. The second kappa shape index (κ2) is 8.67. The van der Waals surface area contributed by atoms with Crippen LogP contribution in [0.25, 0.3) is 11.1 Å². The molecule has 0 N–H and O–H groups in total. The molecule has 1 atom stereocenters. The summed E-state index contributed by atoms with van der Waals surface area (Å²) in [5.41, 5.74) is 2.01. The van der Waals surface area contributed by atoms with E-state index in [1.54, 1.807) is 24.3 Å². The van der Waals surface area contributed by atoms with Crippen molar-refractivity contribution < 1.29 is 31.5 Å². The second-order valence-corrected chi connectivity index (χ2v) is 10.4. The third kappa shape index (κ3) is 4.29. The van der Waals surface area contributed by atoms with Crippen molar-refractivity contribution in [2.75, 3.05) is 29.3 Å². The van der Waals surface area contributed by atoms with E-state index in [4.69, 9.17) is 4.74 Å². The number of aromatic nitrogens is 2. The number of methoxy groups -OCH3 is 1. The molecule has 2 aliphatic rings. The molecular weight excluding hydrogens is 508 g/mol. The fourth-order valence-corrected chi connectivity index (χ4v) is 5.49. The molecular formula is C24H19F2N5O5S. The first-order valence-corrected chi connectivity index (χ1v) is 12.4. The summed E-state index contributed by atoms with van der Waals surface area (Å²) in [4.78, 5) is 19.5. The van der Waals surface area contributed by atoms with Crippen LogP contribution in [0.3, 0.4) is 0 Å². The second-order valence-electron chi connectivity index (χ2n) is 8.54. The number of hydrogen-bond acceptors (Lipinski definition) is 8. The lowest BCUT2D eigenvalue weighted by atomic mass is 9.99. The van der Waals surface area contributed by atoms with Crippen LogP contribution < -0.4 is 13.3 Å². The van der Waals surface area contributed by atoms with Gasteiger partial charge in [-0.15, -0.1) is 0 Å². The van der Waals surface area contributed by atoms with Gasteiger partial charge in [0.1, 0.15) is 5.75 Å². The molecule has 3 aromatic rings. The van der Waals surface area contributed by atoms with Crippen molar-refractivity contribution in [2.45, 2.75) is 12.3 Å². The van der Waals surface area contributed by atoms with Crippen LogP contribution in [0.1, 0.15) is 22.3 Å². The first-order valence-electron chi connectivity index (χ1n) is 11.0. The van der Waals surface area contributed by atoms with Gasteiger partial charge >= 0.3 is 22.2 Å². The Labute approximate surface area is 210 Å². The molecule has 2 aromatic carbocycles. The molecule has 0 saturated heterocycles. The maximum Gasteiger partial charge on any atom is 0.341 e. The zero-order chi connectivity index (χ0) is 26.5. The van der Waals surface area contributed by atoms with Crippen molar-refractivity contribution in [2.24, 2.45) is 5.92 Å². The number of nitriles is 1. The quantitative estimate of drug-likeness (QED) is 0.444. The molecule has 0 amide bonds. The van der Waals surface area contributed by atoms with Gasteiger partial charge in [0, 0.05) is 43.9 Å². The predicted molar refractivity (Wildman–Crippen MR) is 128 cm³/mol. The number of benzene rings is 2. The Bertz CT molecular complexity index is 1560. The van der Waals surface area contributed by atoms with E-state index in [0.717, 1.165) is 8.61 Å². The Morgan fingerprint density at radius 1 is 1.19 bits per heavy atom. The van der Waals surface area contributed by atoms with E-state index in [1.165, 1.54) is 38.7 Å². The van der Waals surface area contributed by atoms with Crippen LogP contribution in [0.15, 0.2) is 48.8 Å². The van der Waals surface area contributed by atoms with Crippen LogP contribution in [-0.2, 0) is 14.9 Å². The van der Waals surface area contributed by atoms with E-state index in [1.807, 2.05) is 0 Å². The molecule has 0 bridgehead atoms. The molecule has 10 nitrogen and oxygen atoms in total. The minimum Gasteiger partial charge on any atom is -0.465 e. The number of alkyl halides is 2. The van der Waals surface area contributed by atoms with Crippen LogP contribution in [0.2, 0.25) is 0 Å². The summed E-state index contributed by atoms with van der Waals surface area (Å²) in [6, 6.07) is 11.4. The Morgan fingerprint density at radius 3 is 2.51 bits per heavy atom. The smallest absolute Gasteiger partial charge is 0.341 e. The maximum atomic E-state index is 13.5. The Balaban J connectivity index is 1.46. The summed E-state index contributed by atoms with van der Waals surface area (Å²) in [6.45, 7) is -0.312. The molecule has 1 fully saturated rings. The molecule has 1 aromatic heterocycles. The molecule has 1 aliphatic carbocycles. The maximum absolute atomic E-state index is 13.5. The van der Waals surface area contributed by atoms with Crippen molar-refractivity contribution in [3.8, 4) is 29.0 Å². The summed E-state index contributed by atoms with van der Waals surface area (Å²) < 4.78 is 65.2. The van der Waals surface area contributed by atoms with Crippen LogP contribution in [-0.4, -0.2) is 51.0 Å². The van der Waals surface area contributed by atoms with Crippen molar-refractivity contribution >= 4 is 27.6 Å². The zero-order valence-electron chi connectivity index (χ0n) is 19.6. The molecule has 1 saturated carbocycles. The van der Waals surface area contributed by atoms with Gasteiger partial charge in [-0.05, 0) is 35.9 Å². The number of hydrogen-bond donors (Lipinski definition) is 0. The van der Waals surface area contributed by atoms with Gasteiger partial charge in [0.25, 0.3) is 5.92 Å². The van der Waals surface area contributed by atoms with Gasteiger partial charge in [-0.3, -0.25) is 8.61 Å². The number of halogens is 2. The van der Waals surface area contributed by atoms with Crippen molar-refractivity contribution in [3.05, 3.63) is 59.9 Å². The average molecular weight is 528 g/mol. The van der Waals surface area contributed by atoms with Gasteiger partial charge in [-0.2, -0.15) is 13.7 Å². The molecule has 2 heterocycles. The molecule has 5 rings (SSSR count). The Hall–Kier alpha value is -4.31. The topological polar surface area (TPSA) is 126 Å². The Morgan fingerprint density at radius 2 is 1.89 bits per heavy atom. The highest BCUT2D eigenvalue weighted by molar-refractivity contribution is 7.94. The van der Waals surface area contributed by atoms with Gasteiger partial charge < -0.3 is 9.47 Å². The largest absolute Gasteiger partial charge is 0.465 e. The molecule has 190 valence electrons. The zero-order valence-corrected chi connectivity index (χ0v) is 20.4. The third-order valence-corrected chi connectivity index (χ3v) is 8.02. The number of carbonyl (C=O) groups excluding carboxylic acids is 1. The SMILES string of the molecule is COC(=O)c1cnc(Oc2ccc(C#N)c(-c3ccc4c(c3)N(C)S(=O)(=O)N4CC3CC3(F)F)c2)nc1. The average Bonchev–Trinajstić information content (AvgIpc) is 3.46. The van der Waals surface area contributed by atoms with E-state index in [-0.39, 0.29) is 24.5 Å². The van der Waals surface area contributed by atoms with Gasteiger partial charge in [-0.25, -0.2) is 23.5 Å². The van der Waals surface area contributed by atoms with Gasteiger partial charge in [-0.1, -0.05) is 6.07 Å². The number of ether oxygens (including phenoxy) is 2. The van der Waals surface area contributed by atoms with Crippen LogP contribution >= 0.6 is 0 Å². The van der Waals surface area contributed by atoms with Crippen LogP contribution in [0.5, 0.6) is 11.8 Å². The predicted octanol–water partition coefficient (Wildman–Crippen LogP) is 3.75. The first kappa shape index (κ1) is 24.4. The third-order valence-electron chi connectivity index (χ3n) is 6.23. The van der Waals surface area contributed by atoms with E-state index in [2.05, 4.69) is 20.8 Å². The normalized spacial score (nSPS) is 18.6. The highest BCUT2D eigenvalue weighted by Gasteiger charge is 2.59. The fourth-order valence-electron chi connectivity index (χ4n) is 4.03. The highest BCUT2D eigenvalue weighted by Crippen LogP contribution is 2.52. The standard InChI is InChI=1S/C24H19F2N5O5S/c1-30-21-7-14(4-6-20(21)31(37(30,33)34)13-17-9-24(17,25)26)19-8-18(5-3-15(19)10-27)36-23-28-11-16(12-29-23)22(32)35-2/h3-8,11-12,17H,9,13H2,1-2H3.